The van der Waals surface area contributed by atoms with Gasteiger partial charge in [-0.05, 0) is 108 Å². The molecule has 0 fully saturated rings. The fourth-order valence-corrected chi connectivity index (χ4v) is 5.36. The highest BCUT2D eigenvalue weighted by molar-refractivity contribution is 9.13. The summed E-state index contributed by atoms with van der Waals surface area (Å²) < 4.78 is 11.7. The minimum atomic E-state index is 0.802. The first kappa shape index (κ1) is 15.0. The second kappa shape index (κ2) is 5.39. The molecule has 0 aliphatic rings. The highest BCUT2D eigenvalue weighted by Crippen LogP contribution is 2.47. The van der Waals surface area contributed by atoms with Crippen LogP contribution in [0.2, 0.25) is 0 Å². The van der Waals surface area contributed by atoms with E-state index in [0.717, 1.165) is 48.8 Å². The van der Waals surface area contributed by atoms with Gasteiger partial charge in [-0.3, -0.25) is 0 Å². The van der Waals surface area contributed by atoms with Gasteiger partial charge in [0.2, 0.25) is 0 Å². The van der Waals surface area contributed by atoms with E-state index in [1.54, 1.807) is 0 Å². The van der Waals surface area contributed by atoms with Crippen LogP contribution in [0.3, 0.4) is 0 Å². The summed E-state index contributed by atoms with van der Waals surface area (Å²) in [6.45, 7) is 0. The van der Waals surface area contributed by atoms with Crippen LogP contribution in [0.25, 0.3) is 21.9 Å². The van der Waals surface area contributed by atoms with Gasteiger partial charge in [0.15, 0.2) is 11.2 Å². The summed E-state index contributed by atoms with van der Waals surface area (Å²) in [6, 6.07) is 3.97. The number of fused-ring (bicyclic) bond motifs is 3. The second-order valence-corrected chi connectivity index (χ2v) is 8.82. The van der Waals surface area contributed by atoms with Crippen molar-refractivity contribution in [3.05, 3.63) is 39.0 Å². The molecular formula is C12H2Br6O. The quantitative estimate of drug-likeness (QED) is 0.226. The SMILES string of the molecule is Brc1cc(Br)c2c(oc3c(Br)cc(Br)c(Br)c32)c1Br. The Morgan fingerprint density at radius 1 is 0.579 bits per heavy atom. The fourth-order valence-electron chi connectivity index (χ4n) is 1.91. The maximum absolute atomic E-state index is 6.01. The topological polar surface area (TPSA) is 13.1 Å². The molecule has 0 unspecified atom stereocenters. The molecule has 98 valence electrons. The van der Waals surface area contributed by atoms with E-state index in [-0.39, 0.29) is 0 Å². The van der Waals surface area contributed by atoms with E-state index in [2.05, 4.69) is 95.6 Å². The van der Waals surface area contributed by atoms with Crippen molar-refractivity contribution in [1.29, 1.82) is 0 Å². The molecule has 7 heteroatoms. The zero-order chi connectivity index (χ0) is 13.9. The molecule has 1 aromatic heterocycles. The molecule has 0 aliphatic carbocycles. The van der Waals surface area contributed by atoms with E-state index >= 15 is 0 Å². The summed E-state index contributed by atoms with van der Waals surface area (Å²) in [5, 5.41) is 2.05. The number of hydrogen-bond acceptors (Lipinski definition) is 1. The lowest BCUT2D eigenvalue weighted by Gasteiger charge is -2.02. The molecule has 0 atom stereocenters. The monoisotopic (exact) mass is 636 g/mol. The Kier molecular flexibility index (Phi) is 4.27. The standard InChI is InChI=1S/C12H2Br6O/c13-3-1-5(15)10(18)12-7(3)8-9(17)4(14)2-6(16)11(8)19-12/h1-2H. The maximum Gasteiger partial charge on any atom is 0.151 e. The van der Waals surface area contributed by atoms with Gasteiger partial charge in [-0.15, -0.1) is 0 Å². The number of halogens is 6. The molecule has 0 aliphatic heterocycles. The molecule has 0 saturated carbocycles. The van der Waals surface area contributed by atoms with E-state index in [1.165, 1.54) is 0 Å². The van der Waals surface area contributed by atoms with Crippen molar-refractivity contribution in [3.63, 3.8) is 0 Å². The van der Waals surface area contributed by atoms with Crippen molar-refractivity contribution in [2.24, 2.45) is 0 Å². The number of furan rings is 1. The Morgan fingerprint density at radius 3 is 1.84 bits per heavy atom. The summed E-state index contributed by atoms with van der Waals surface area (Å²) in [4.78, 5) is 0. The first-order chi connectivity index (χ1) is 8.91. The van der Waals surface area contributed by atoms with E-state index in [0.29, 0.717) is 0 Å². The summed E-state index contributed by atoms with van der Waals surface area (Å²) in [5.41, 5.74) is 1.61. The molecule has 1 nitrogen and oxygen atoms in total. The molecule has 1 heterocycles. The van der Waals surface area contributed by atoms with Crippen molar-refractivity contribution in [2.75, 3.05) is 0 Å². The van der Waals surface area contributed by atoms with Crippen LogP contribution in [0.5, 0.6) is 0 Å². The van der Waals surface area contributed by atoms with Gasteiger partial charge in [-0.1, -0.05) is 0 Å². The lowest BCUT2D eigenvalue weighted by atomic mass is 10.1. The first-order valence-corrected chi connectivity index (χ1v) is 9.70. The molecule has 0 radical (unpaired) electrons. The molecule has 0 spiro atoms. The highest BCUT2D eigenvalue weighted by Gasteiger charge is 2.20. The van der Waals surface area contributed by atoms with Gasteiger partial charge in [0, 0.05) is 28.7 Å². The molecule has 19 heavy (non-hydrogen) atoms. The van der Waals surface area contributed by atoms with Crippen LogP contribution in [0.15, 0.2) is 43.4 Å². The molecule has 2 aromatic carbocycles. The van der Waals surface area contributed by atoms with Crippen LogP contribution in [0.4, 0.5) is 0 Å². The average Bonchev–Trinajstić information content (AvgIpc) is 2.75. The summed E-state index contributed by atoms with van der Waals surface area (Å²) in [6.07, 6.45) is 0. The van der Waals surface area contributed by atoms with Crippen molar-refractivity contribution < 1.29 is 4.42 Å². The second-order valence-electron chi connectivity index (χ2n) is 3.82. The molecule has 0 bridgehead atoms. The minimum Gasteiger partial charge on any atom is -0.454 e. The molecule has 3 aromatic rings. The zero-order valence-corrected chi connectivity index (χ0v) is 18.3. The summed E-state index contributed by atoms with van der Waals surface area (Å²) in [5.74, 6) is 0. The number of rotatable bonds is 0. The normalized spacial score (nSPS) is 11.7. The largest absolute Gasteiger partial charge is 0.454 e. The fraction of sp³-hybridized carbons (Fsp3) is 0. The van der Waals surface area contributed by atoms with Crippen LogP contribution in [0, 0.1) is 0 Å². The van der Waals surface area contributed by atoms with Crippen LogP contribution < -0.4 is 0 Å². The van der Waals surface area contributed by atoms with Crippen molar-refractivity contribution >= 4 is 118 Å². The third kappa shape index (κ3) is 2.32. The van der Waals surface area contributed by atoms with Crippen LogP contribution in [-0.2, 0) is 0 Å². The molecule has 3 rings (SSSR count). The lowest BCUT2D eigenvalue weighted by Crippen LogP contribution is -1.77. The Bertz CT molecular complexity index is 836. The van der Waals surface area contributed by atoms with Crippen LogP contribution in [0.1, 0.15) is 0 Å². The van der Waals surface area contributed by atoms with Crippen molar-refractivity contribution in [3.8, 4) is 0 Å². The van der Waals surface area contributed by atoms with Gasteiger partial charge in [0.05, 0.1) is 8.95 Å². The average molecular weight is 642 g/mol. The summed E-state index contributed by atoms with van der Waals surface area (Å²) in [7, 11) is 0. The zero-order valence-electron chi connectivity index (χ0n) is 8.83. The van der Waals surface area contributed by atoms with E-state index in [9.17, 15) is 0 Å². The van der Waals surface area contributed by atoms with Crippen LogP contribution in [-0.4, -0.2) is 0 Å². The van der Waals surface area contributed by atoms with Crippen molar-refractivity contribution in [1.82, 2.24) is 0 Å². The first-order valence-electron chi connectivity index (χ1n) is 4.95. The highest BCUT2D eigenvalue weighted by atomic mass is 79.9. The van der Waals surface area contributed by atoms with Gasteiger partial charge in [0.1, 0.15) is 0 Å². The van der Waals surface area contributed by atoms with Gasteiger partial charge < -0.3 is 4.42 Å². The number of benzene rings is 2. The van der Waals surface area contributed by atoms with Crippen molar-refractivity contribution in [2.45, 2.75) is 0 Å². The smallest absolute Gasteiger partial charge is 0.151 e. The Labute approximate surface area is 159 Å². The Balaban J connectivity index is 2.69. The molecule has 0 N–H and O–H groups in total. The minimum absolute atomic E-state index is 0.802. The Morgan fingerprint density at radius 2 is 1.16 bits per heavy atom. The molecule has 0 amide bonds. The lowest BCUT2D eigenvalue weighted by molar-refractivity contribution is 0.664. The predicted molar refractivity (Wildman–Crippen MR) is 99.9 cm³/mol. The van der Waals surface area contributed by atoms with E-state index < -0.39 is 0 Å². The van der Waals surface area contributed by atoms with Crippen LogP contribution >= 0.6 is 95.6 Å². The summed E-state index contributed by atoms with van der Waals surface area (Å²) >= 11 is 21.4. The van der Waals surface area contributed by atoms with Gasteiger partial charge >= 0.3 is 0 Å². The van der Waals surface area contributed by atoms with E-state index in [4.69, 9.17) is 4.42 Å². The third-order valence-corrected chi connectivity index (χ3v) is 7.85. The maximum atomic E-state index is 6.01. The predicted octanol–water partition coefficient (Wildman–Crippen LogP) is 8.16. The van der Waals surface area contributed by atoms with Gasteiger partial charge in [-0.2, -0.15) is 0 Å². The van der Waals surface area contributed by atoms with Gasteiger partial charge in [0.25, 0.3) is 0 Å². The van der Waals surface area contributed by atoms with E-state index in [1.807, 2.05) is 12.1 Å². The Hall–Kier alpha value is 1.12. The molecule has 0 saturated heterocycles. The van der Waals surface area contributed by atoms with Gasteiger partial charge in [-0.25, -0.2) is 0 Å². The number of hydrogen-bond donors (Lipinski definition) is 0. The molecular weight excluding hydrogens is 640 g/mol. The third-order valence-electron chi connectivity index (χ3n) is 2.71.